The second kappa shape index (κ2) is 13.8. The van der Waals surface area contributed by atoms with Gasteiger partial charge in [-0.15, -0.1) is 0 Å². The van der Waals surface area contributed by atoms with Gasteiger partial charge in [0.25, 0.3) is 0 Å². The Morgan fingerprint density at radius 2 is 1.47 bits per heavy atom. The van der Waals surface area contributed by atoms with E-state index >= 15 is 0 Å². The van der Waals surface area contributed by atoms with Gasteiger partial charge in [-0.1, -0.05) is 48.5 Å². The topological polar surface area (TPSA) is 94.1 Å². The molecule has 0 aliphatic carbocycles. The molecule has 0 fully saturated rings. The van der Waals surface area contributed by atoms with Crippen LogP contribution in [0.25, 0.3) is 11.1 Å². The number of aryl methyl sites for hydroxylation is 1. The van der Waals surface area contributed by atoms with Crippen LogP contribution in [-0.2, 0) is 22.5 Å². The molecule has 0 unspecified atom stereocenters. The minimum Gasteiger partial charge on any atom is -0.493 e. The molecular weight excluding hydrogens is 458 g/mol. The van der Waals surface area contributed by atoms with Gasteiger partial charge in [0, 0.05) is 19.4 Å². The van der Waals surface area contributed by atoms with Gasteiger partial charge in [0.05, 0.1) is 19.3 Å². The summed E-state index contributed by atoms with van der Waals surface area (Å²) in [5.41, 5.74) is 3.94. The van der Waals surface area contributed by atoms with E-state index in [0.717, 1.165) is 28.0 Å². The number of carboxylic acids is 1. The van der Waals surface area contributed by atoms with Crippen LogP contribution in [0.3, 0.4) is 0 Å². The van der Waals surface area contributed by atoms with Gasteiger partial charge in [-0.25, -0.2) is 4.79 Å². The summed E-state index contributed by atoms with van der Waals surface area (Å²) in [5.74, 6) is 0.581. The Hall–Kier alpha value is -4.00. The lowest BCUT2D eigenvalue weighted by atomic mass is 10.0. The molecule has 0 radical (unpaired) electrons. The molecule has 0 saturated carbocycles. The summed E-state index contributed by atoms with van der Waals surface area (Å²) < 4.78 is 16.8. The standard InChI is InChI=1S/C29H33NO6/c1-21(2)36-29(33)30-20-25-19-27(15-11-24(25)12-16-28(31)32)35-18-6-17-34-26-13-9-23(10-14-26)22-7-4-3-5-8-22/h3-5,7-11,13-15,19,21H,6,12,16-18,20H2,1-2H3,(H,30,33)(H,31,32). The number of rotatable bonds is 13. The molecule has 3 aromatic carbocycles. The minimum absolute atomic E-state index is 0.00725. The fraction of sp³-hybridized carbons (Fsp3) is 0.310. The lowest BCUT2D eigenvalue weighted by molar-refractivity contribution is -0.136. The van der Waals surface area contributed by atoms with E-state index in [1.54, 1.807) is 13.8 Å². The van der Waals surface area contributed by atoms with Crippen molar-refractivity contribution in [3.8, 4) is 22.6 Å². The van der Waals surface area contributed by atoms with Crippen molar-refractivity contribution in [3.05, 3.63) is 83.9 Å². The molecule has 0 bridgehead atoms. The quantitative estimate of drug-likeness (QED) is 0.291. The molecule has 7 heteroatoms. The van der Waals surface area contributed by atoms with E-state index in [1.807, 2.05) is 60.7 Å². The minimum atomic E-state index is -0.872. The number of carbonyl (C=O) groups is 2. The number of alkyl carbamates (subject to hydrolysis) is 1. The molecule has 0 heterocycles. The van der Waals surface area contributed by atoms with E-state index in [0.29, 0.717) is 31.8 Å². The third kappa shape index (κ3) is 8.98. The predicted molar refractivity (Wildman–Crippen MR) is 138 cm³/mol. The van der Waals surface area contributed by atoms with E-state index in [2.05, 4.69) is 17.4 Å². The third-order valence-corrected chi connectivity index (χ3v) is 5.34. The molecule has 3 rings (SSSR count). The van der Waals surface area contributed by atoms with Gasteiger partial charge in [-0.3, -0.25) is 4.79 Å². The molecule has 2 N–H and O–H groups in total. The number of ether oxygens (including phenoxy) is 3. The van der Waals surface area contributed by atoms with Crippen LogP contribution in [0.15, 0.2) is 72.8 Å². The lowest BCUT2D eigenvalue weighted by Crippen LogP contribution is -2.26. The van der Waals surface area contributed by atoms with Crippen LogP contribution in [0.1, 0.15) is 37.8 Å². The number of benzene rings is 3. The molecule has 1 amide bonds. The summed E-state index contributed by atoms with van der Waals surface area (Å²) in [5, 5.41) is 11.7. The van der Waals surface area contributed by atoms with Crippen LogP contribution < -0.4 is 14.8 Å². The number of hydrogen-bond donors (Lipinski definition) is 2. The highest BCUT2D eigenvalue weighted by molar-refractivity contribution is 5.68. The number of carbonyl (C=O) groups excluding carboxylic acids is 1. The van der Waals surface area contributed by atoms with Crippen molar-refractivity contribution >= 4 is 12.1 Å². The van der Waals surface area contributed by atoms with E-state index in [4.69, 9.17) is 19.3 Å². The maximum Gasteiger partial charge on any atom is 0.407 e. The third-order valence-electron chi connectivity index (χ3n) is 5.34. The van der Waals surface area contributed by atoms with E-state index in [9.17, 15) is 9.59 Å². The largest absolute Gasteiger partial charge is 0.493 e. The Morgan fingerprint density at radius 3 is 2.14 bits per heavy atom. The van der Waals surface area contributed by atoms with Gasteiger partial charge >= 0.3 is 12.1 Å². The number of aliphatic carboxylic acids is 1. The van der Waals surface area contributed by atoms with Crippen molar-refractivity contribution in [3.63, 3.8) is 0 Å². The second-order valence-corrected chi connectivity index (χ2v) is 8.57. The summed E-state index contributed by atoms with van der Waals surface area (Å²) in [6.45, 7) is 4.74. The first-order chi connectivity index (χ1) is 17.4. The van der Waals surface area contributed by atoms with Crippen molar-refractivity contribution < 1.29 is 28.9 Å². The van der Waals surface area contributed by atoms with Crippen LogP contribution in [-0.4, -0.2) is 36.5 Å². The summed E-state index contributed by atoms with van der Waals surface area (Å²) in [6.07, 6.45) is 0.315. The average molecular weight is 492 g/mol. The molecule has 7 nitrogen and oxygen atoms in total. The number of carboxylic acid groups (broad SMARTS) is 1. The first-order valence-electron chi connectivity index (χ1n) is 12.1. The molecule has 36 heavy (non-hydrogen) atoms. The van der Waals surface area contributed by atoms with Crippen LogP contribution in [0, 0.1) is 0 Å². The number of amides is 1. The summed E-state index contributed by atoms with van der Waals surface area (Å²) in [7, 11) is 0. The van der Waals surface area contributed by atoms with Crippen LogP contribution in [0.2, 0.25) is 0 Å². The molecule has 190 valence electrons. The van der Waals surface area contributed by atoms with Gasteiger partial charge in [-0.05, 0) is 66.8 Å². The fourth-order valence-electron chi connectivity index (χ4n) is 3.58. The Bertz CT molecular complexity index is 1110. The van der Waals surface area contributed by atoms with Gasteiger partial charge in [0.1, 0.15) is 11.5 Å². The van der Waals surface area contributed by atoms with Gasteiger partial charge in [-0.2, -0.15) is 0 Å². The molecule has 0 atom stereocenters. The Labute approximate surface area is 212 Å². The Balaban J connectivity index is 1.48. The first kappa shape index (κ1) is 26.6. The molecule has 0 aliphatic rings. The normalized spacial score (nSPS) is 10.6. The van der Waals surface area contributed by atoms with Crippen molar-refractivity contribution in [2.45, 2.75) is 45.8 Å². The Morgan fingerprint density at radius 1 is 0.833 bits per heavy atom. The fourth-order valence-corrected chi connectivity index (χ4v) is 3.58. The zero-order chi connectivity index (χ0) is 25.8. The first-order valence-corrected chi connectivity index (χ1v) is 12.1. The van der Waals surface area contributed by atoms with E-state index in [1.165, 1.54) is 0 Å². The highest BCUT2D eigenvalue weighted by Gasteiger charge is 2.10. The van der Waals surface area contributed by atoms with E-state index < -0.39 is 12.1 Å². The molecule has 0 spiro atoms. The number of nitrogens with one attached hydrogen (secondary N) is 1. The lowest BCUT2D eigenvalue weighted by Gasteiger charge is -2.14. The SMILES string of the molecule is CC(C)OC(=O)NCc1cc(OCCCOc2ccc(-c3ccccc3)cc2)ccc1CCC(=O)O. The molecule has 0 aliphatic heterocycles. The van der Waals surface area contributed by atoms with Gasteiger partial charge in [0.15, 0.2) is 0 Å². The van der Waals surface area contributed by atoms with Crippen LogP contribution in [0.5, 0.6) is 11.5 Å². The molecular formula is C29H33NO6. The van der Waals surface area contributed by atoms with E-state index in [-0.39, 0.29) is 19.1 Å². The highest BCUT2D eigenvalue weighted by Crippen LogP contribution is 2.23. The zero-order valence-electron chi connectivity index (χ0n) is 20.7. The van der Waals surface area contributed by atoms with Crippen molar-refractivity contribution in [2.75, 3.05) is 13.2 Å². The zero-order valence-corrected chi connectivity index (χ0v) is 20.7. The van der Waals surface area contributed by atoms with Crippen molar-refractivity contribution in [2.24, 2.45) is 0 Å². The van der Waals surface area contributed by atoms with Gasteiger partial charge in [0.2, 0.25) is 0 Å². The molecule has 0 aromatic heterocycles. The summed E-state index contributed by atoms with van der Waals surface area (Å²) in [4.78, 5) is 22.9. The number of hydrogen-bond acceptors (Lipinski definition) is 5. The summed E-state index contributed by atoms with van der Waals surface area (Å²) >= 11 is 0. The Kier molecular flexibility index (Phi) is 10.2. The highest BCUT2D eigenvalue weighted by atomic mass is 16.6. The average Bonchev–Trinajstić information content (AvgIpc) is 2.87. The van der Waals surface area contributed by atoms with Crippen molar-refractivity contribution in [1.82, 2.24) is 5.32 Å². The second-order valence-electron chi connectivity index (χ2n) is 8.57. The smallest absolute Gasteiger partial charge is 0.407 e. The maximum absolute atomic E-state index is 11.9. The summed E-state index contributed by atoms with van der Waals surface area (Å²) in [6, 6.07) is 23.7. The molecule has 0 saturated heterocycles. The van der Waals surface area contributed by atoms with Crippen molar-refractivity contribution in [1.29, 1.82) is 0 Å². The predicted octanol–water partition coefficient (Wildman–Crippen LogP) is 5.85. The molecule has 3 aromatic rings. The van der Waals surface area contributed by atoms with Crippen LogP contribution in [0.4, 0.5) is 4.79 Å². The maximum atomic E-state index is 11.9. The monoisotopic (exact) mass is 491 g/mol. The van der Waals surface area contributed by atoms with Crippen LogP contribution >= 0.6 is 0 Å². The van der Waals surface area contributed by atoms with Gasteiger partial charge < -0.3 is 24.6 Å².